The Bertz CT molecular complexity index is 867. The summed E-state index contributed by atoms with van der Waals surface area (Å²) in [5.41, 5.74) is 10.1. The molecule has 32 heavy (non-hydrogen) atoms. The zero-order chi connectivity index (χ0) is 24.7. The Balaban J connectivity index is 0.000000450. The summed E-state index contributed by atoms with van der Waals surface area (Å²) in [5.74, 6) is 0.219. The molecule has 0 aliphatic heterocycles. The van der Waals surface area contributed by atoms with Gasteiger partial charge in [0.15, 0.2) is 5.78 Å². The summed E-state index contributed by atoms with van der Waals surface area (Å²) in [5, 5.41) is 0. The molecule has 0 fully saturated rings. The van der Waals surface area contributed by atoms with Crippen LogP contribution in [0.3, 0.4) is 0 Å². The number of allylic oxidation sites excluding steroid dienone is 9. The average Bonchev–Trinajstić information content (AvgIpc) is 3.16. The van der Waals surface area contributed by atoms with E-state index in [2.05, 4.69) is 57.7 Å². The van der Waals surface area contributed by atoms with Gasteiger partial charge >= 0.3 is 0 Å². The molecule has 0 amide bonds. The third-order valence-electron chi connectivity index (χ3n) is 5.47. The maximum atomic E-state index is 11.4. The molecule has 0 spiro atoms. The summed E-state index contributed by atoms with van der Waals surface area (Å²) in [4.78, 5) is 11.4. The van der Waals surface area contributed by atoms with Crippen molar-refractivity contribution in [3.63, 3.8) is 0 Å². The highest BCUT2D eigenvalue weighted by Gasteiger charge is 2.18. The summed E-state index contributed by atoms with van der Waals surface area (Å²) >= 11 is 0. The van der Waals surface area contributed by atoms with Gasteiger partial charge in [-0.3, -0.25) is 4.79 Å². The molecule has 1 nitrogen and oxygen atoms in total. The van der Waals surface area contributed by atoms with Crippen molar-refractivity contribution in [1.29, 1.82) is 0 Å². The smallest absolute Gasteiger partial charge is 0.160 e. The van der Waals surface area contributed by atoms with Gasteiger partial charge in [-0.1, -0.05) is 85.2 Å². The molecule has 176 valence electrons. The second-order valence-corrected chi connectivity index (χ2v) is 8.62. The molecule has 0 heterocycles. The zero-order valence-corrected chi connectivity index (χ0v) is 22.2. The molecule has 0 saturated heterocycles. The van der Waals surface area contributed by atoms with E-state index in [9.17, 15) is 4.79 Å². The van der Waals surface area contributed by atoms with E-state index in [1.165, 1.54) is 53.5 Å². The van der Waals surface area contributed by atoms with Gasteiger partial charge < -0.3 is 0 Å². The van der Waals surface area contributed by atoms with Crippen LogP contribution in [-0.4, -0.2) is 5.78 Å². The summed E-state index contributed by atoms with van der Waals surface area (Å²) < 4.78 is 0. The number of carbonyl (C=O) groups excluding carboxylic acids is 1. The first-order chi connectivity index (χ1) is 15.1. The predicted molar refractivity (Wildman–Crippen MR) is 145 cm³/mol. The van der Waals surface area contributed by atoms with Crippen molar-refractivity contribution < 1.29 is 4.79 Å². The van der Waals surface area contributed by atoms with Gasteiger partial charge in [0, 0.05) is 5.57 Å². The summed E-state index contributed by atoms with van der Waals surface area (Å²) in [6, 6.07) is 8.28. The molecule has 1 heteroatoms. The first-order valence-corrected chi connectivity index (χ1v) is 12.1. The third kappa shape index (κ3) is 10.8. The lowest BCUT2D eigenvalue weighted by atomic mass is 9.95. The van der Waals surface area contributed by atoms with Gasteiger partial charge in [0.1, 0.15) is 0 Å². The van der Waals surface area contributed by atoms with Crippen molar-refractivity contribution in [2.75, 3.05) is 0 Å². The second-order valence-electron chi connectivity index (χ2n) is 8.62. The molecule has 0 atom stereocenters. The second kappa shape index (κ2) is 16.3. The van der Waals surface area contributed by atoms with Crippen LogP contribution in [0.15, 0.2) is 76.9 Å². The monoisotopic (exact) mass is 434 g/mol. The molecule has 2 aliphatic carbocycles. The van der Waals surface area contributed by atoms with E-state index in [4.69, 9.17) is 0 Å². The molecule has 2 aliphatic rings. The van der Waals surface area contributed by atoms with Crippen LogP contribution in [0.25, 0.3) is 5.57 Å². The minimum Gasteiger partial charge on any atom is -0.295 e. The Morgan fingerprint density at radius 1 is 0.906 bits per heavy atom. The Kier molecular flexibility index (Phi) is 15.0. The van der Waals surface area contributed by atoms with Crippen LogP contribution < -0.4 is 0 Å². The summed E-state index contributed by atoms with van der Waals surface area (Å²) in [6.45, 7) is 22.0. The number of ketones is 1. The molecule has 0 N–H and O–H groups in total. The van der Waals surface area contributed by atoms with E-state index in [1.54, 1.807) is 6.92 Å². The van der Waals surface area contributed by atoms with E-state index in [-0.39, 0.29) is 5.78 Å². The van der Waals surface area contributed by atoms with Crippen molar-refractivity contribution in [3.8, 4) is 0 Å². The molecular weight excluding hydrogens is 388 g/mol. The van der Waals surface area contributed by atoms with E-state index >= 15 is 0 Å². The maximum absolute atomic E-state index is 11.4. The normalized spacial score (nSPS) is 14.0. The minimum absolute atomic E-state index is 0.219. The predicted octanol–water partition coefficient (Wildman–Crippen LogP) is 9.75. The van der Waals surface area contributed by atoms with Gasteiger partial charge in [-0.25, -0.2) is 0 Å². The number of Topliss-reactive ketones (excluding diaryl/α,β-unsaturated/α-hetero) is 1. The van der Waals surface area contributed by atoms with Crippen LogP contribution in [0.2, 0.25) is 0 Å². The van der Waals surface area contributed by atoms with Gasteiger partial charge in [0.05, 0.1) is 0 Å². The first kappa shape index (κ1) is 29.6. The number of hydrogen-bond acceptors (Lipinski definition) is 1. The van der Waals surface area contributed by atoms with Crippen LogP contribution in [0.4, 0.5) is 0 Å². The molecule has 0 radical (unpaired) electrons. The van der Waals surface area contributed by atoms with Crippen LogP contribution in [0.1, 0.15) is 98.6 Å². The van der Waals surface area contributed by atoms with Gasteiger partial charge in [0.25, 0.3) is 0 Å². The van der Waals surface area contributed by atoms with Crippen molar-refractivity contribution in [2.45, 2.75) is 94.4 Å². The zero-order valence-electron chi connectivity index (χ0n) is 22.2. The standard InChI is InChI=1S/C12H18O.C10H12.C7H10.C2H6/c1-8(2)12(10(4)13)11-7-5-6-9(11)3;1-8(2)10-7-5-4-6-9(10)3;1-7-5-3-2-4-6-7;1-2/h5-7H2,1-4H3;4-7H,1H2,2-3H3;2-3,5H,4,6H2,1H3;1-2H3. The van der Waals surface area contributed by atoms with E-state index in [1.807, 2.05) is 46.8 Å². The molecule has 0 bridgehead atoms. The summed E-state index contributed by atoms with van der Waals surface area (Å²) in [7, 11) is 0. The van der Waals surface area contributed by atoms with Crippen molar-refractivity contribution in [2.24, 2.45) is 0 Å². The van der Waals surface area contributed by atoms with E-state index in [0.717, 1.165) is 23.1 Å². The SMILES string of the molecule is C=C(C)c1ccccc1C.CC.CC(=O)C(=C(C)C)C1=C(C)CCC1.CC1=CC=CCC1. The highest BCUT2D eigenvalue weighted by atomic mass is 16.1. The molecule has 0 saturated carbocycles. The number of aryl methyl sites for hydroxylation is 1. The minimum atomic E-state index is 0.219. The fraction of sp³-hybridized carbons (Fsp3) is 0.452. The third-order valence-corrected chi connectivity index (χ3v) is 5.47. The largest absolute Gasteiger partial charge is 0.295 e. The average molecular weight is 435 g/mol. The lowest BCUT2D eigenvalue weighted by molar-refractivity contribution is -0.113. The number of hydrogen-bond donors (Lipinski definition) is 0. The van der Waals surface area contributed by atoms with Crippen molar-refractivity contribution in [3.05, 3.63) is 88.1 Å². The molecule has 1 aromatic rings. The molecule has 1 aromatic carbocycles. The topological polar surface area (TPSA) is 17.1 Å². The van der Waals surface area contributed by atoms with Crippen molar-refractivity contribution >= 4 is 11.4 Å². The fourth-order valence-corrected chi connectivity index (χ4v) is 3.87. The number of carbonyl (C=O) groups is 1. The van der Waals surface area contributed by atoms with Crippen LogP contribution in [0.5, 0.6) is 0 Å². The van der Waals surface area contributed by atoms with Gasteiger partial charge in [-0.2, -0.15) is 0 Å². The molecule has 0 aromatic heterocycles. The van der Waals surface area contributed by atoms with Crippen LogP contribution >= 0.6 is 0 Å². The molecular formula is C31H46O. The lowest BCUT2D eigenvalue weighted by Gasteiger charge is -2.08. The Morgan fingerprint density at radius 2 is 1.53 bits per heavy atom. The van der Waals surface area contributed by atoms with Crippen LogP contribution in [-0.2, 0) is 4.79 Å². The molecule has 0 unspecified atom stereocenters. The molecule has 3 rings (SSSR count). The quantitative estimate of drug-likeness (QED) is 0.433. The lowest BCUT2D eigenvalue weighted by Crippen LogP contribution is -2.02. The van der Waals surface area contributed by atoms with Gasteiger partial charge in [-0.15, -0.1) is 0 Å². The highest BCUT2D eigenvalue weighted by molar-refractivity contribution is 5.98. The Labute approximate surface area is 198 Å². The summed E-state index contributed by atoms with van der Waals surface area (Å²) in [6.07, 6.45) is 12.5. The first-order valence-electron chi connectivity index (χ1n) is 12.1. The highest BCUT2D eigenvalue weighted by Crippen LogP contribution is 2.32. The fourth-order valence-electron chi connectivity index (χ4n) is 3.87. The number of benzene rings is 1. The van der Waals surface area contributed by atoms with Crippen molar-refractivity contribution in [1.82, 2.24) is 0 Å². The van der Waals surface area contributed by atoms with Gasteiger partial charge in [0.2, 0.25) is 0 Å². The van der Waals surface area contributed by atoms with E-state index in [0.29, 0.717) is 0 Å². The van der Waals surface area contributed by atoms with Gasteiger partial charge in [-0.05, 0) is 97.3 Å². The maximum Gasteiger partial charge on any atom is 0.160 e. The number of rotatable bonds is 3. The Morgan fingerprint density at radius 3 is 1.84 bits per heavy atom. The van der Waals surface area contributed by atoms with Crippen LogP contribution in [0, 0.1) is 6.92 Å². The Hall–Kier alpha value is -2.41. The van der Waals surface area contributed by atoms with E-state index < -0.39 is 0 Å².